The van der Waals surface area contributed by atoms with E-state index in [4.69, 9.17) is 10.5 Å². The normalized spacial score (nSPS) is 28.9. The monoisotopic (exact) mass is 421 g/mol. The van der Waals surface area contributed by atoms with Crippen molar-refractivity contribution in [3.63, 3.8) is 0 Å². The highest BCUT2D eigenvalue weighted by Crippen LogP contribution is 2.46. The van der Waals surface area contributed by atoms with E-state index in [1.807, 2.05) is 0 Å². The SMILES string of the molecule is C[C@]1(O)[C@@H](O)[C@H](n2ccc3c(N)ncnc32)O[C@@H]1[C@](C)(O)c1ccnc(C(F)F)c1. The quantitative estimate of drug-likeness (QED) is 0.494. The molecule has 1 aliphatic heterocycles. The van der Waals surface area contributed by atoms with E-state index in [0.29, 0.717) is 11.0 Å². The summed E-state index contributed by atoms with van der Waals surface area (Å²) in [5, 5.41) is 33.6. The Morgan fingerprint density at radius 3 is 2.73 bits per heavy atom. The van der Waals surface area contributed by atoms with Gasteiger partial charge < -0.3 is 30.4 Å². The molecule has 0 spiro atoms. The van der Waals surface area contributed by atoms with E-state index in [9.17, 15) is 24.1 Å². The van der Waals surface area contributed by atoms with E-state index >= 15 is 0 Å². The molecule has 3 aromatic rings. The molecule has 30 heavy (non-hydrogen) atoms. The molecule has 0 aliphatic carbocycles. The number of aliphatic hydroxyl groups excluding tert-OH is 1. The molecule has 5 N–H and O–H groups in total. The highest BCUT2D eigenvalue weighted by atomic mass is 19.3. The highest BCUT2D eigenvalue weighted by molar-refractivity contribution is 5.86. The van der Waals surface area contributed by atoms with Gasteiger partial charge in [-0.3, -0.25) is 4.98 Å². The second-order valence-electron chi connectivity index (χ2n) is 7.71. The van der Waals surface area contributed by atoms with Gasteiger partial charge in [0.05, 0.1) is 5.39 Å². The summed E-state index contributed by atoms with van der Waals surface area (Å²) in [6, 6.07) is 4.03. The van der Waals surface area contributed by atoms with E-state index in [2.05, 4.69) is 15.0 Å². The third kappa shape index (κ3) is 3.01. The first kappa shape index (κ1) is 20.5. The number of pyridine rings is 1. The van der Waals surface area contributed by atoms with Crippen LogP contribution in [0.1, 0.15) is 37.8 Å². The second-order valence-corrected chi connectivity index (χ2v) is 7.71. The van der Waals surface area contributed by atoms with Crippen LogP contribution in [0.3, 0.4) is 0 Å². The number of fused-ring (bicyclic) bond motifs is 1. The lowest BCUT2D eigenvalue weighted by atomic mass is 9.80. The Labute approximate surface area is 169 Å². The van der Waals surface area contributed by atoms with Crippen LogP contribution in [0.5, 0.6) is 0 Å². The van der Waals surface area contributed by atoms with Crippen molar-refractivity contribution in [2.45, 2.75) is 49.9 Å². The summed E-state index contributed by atoms with van der Waals surface area (Å²) in [6.45, 7) is 2.63. The van der Waals surface area contributed by atoms with Crippen LogP contribution in [0.15, 0.2) is 36.9 Å². The van der Waals surface area contributed by atoms with E-state index in [1.54, 1.807) is 12.3 Å². The van der Waals surface area contributed by atoms with Crippen molar-refractivity contribution >= 4 is 16.9 Å². The molecular formula is C19H21F2N5O4. The van der Waals surface area contributed by atoms with Crippen molar-refractivity contribution in [1.82, 2.24) is 19.5 Å². The summed E-state index contributed by atoms with van der Waals surface area (Å²) in [6.07, 6.45) is -2.84. The Morgan fingerprint density at radius 1 is 1.30 bits per heavy atom. The van der Waals surface area contributed by atoms with Gasteiger partial charge in [-0.2, -0.15) is 0 Å². The Bertz CT molecular complexity index is 1090. The summed E-state index contributed by atoms with van der Waals surface area (Å²) in [4.78, 5) is 11.6. The summed E-state index contributed by atoms with van der Waals surface area (Å²) in [7, 11) is 0. The molecule has 1 aliphatic rings. The number of hydrogen-bond donors (Lipinski definition) is 4. The number of rotatable bonds is 4. The van der Waals surface area contributed by atoms with Crippen LogP contribution >= 0.6 is 0 Å². The zero-order chi connectivity index (χ0) is 21.8. The smallest absolute Gasteiger partial charge is 0.280 e. The topological polar surface area (TPSA) is 140 Å². The molecule has 160 valence electrons. The van der Waals surface area contributed by atoms with Gasteiger partial charge in [-0.1, -0.05) is 0 Å². The first-order valence-corrected chi connectivity index (χ1v) is 9.15. The predicted molar refractivity (Wildman–Crippen MR) is 101 cm³/mol. The molecule has 9 nitrogen and oxygen atoms in total. The van der Waals surface area contributed by atoms with Crippen LogP contribution < -0.4 is 5.73 Å². The Kier molecular flexibility index (Phi) is 4.73. The Balaban J connectivity index is 1.74. The maximum absolute atomic E-state index is 13.1. The summed E-state index contributed by atoms with van der Waals surface area (Å²) in [5.74, 6) is 0.234. The molecule has 3 aromatic heterocycles. The zero-order valence-corrected chi connectivity index (χ0v) is 16.1. The number of aliphatic hydroxyl groups is 3. The number of alkyl halides is 2. The summed E-state index contributed by atoms with van der Waals surface area (Å²) < 4.78 is 33.5. The van der Waals surface area contributed by atoms with Gasteiger partial charge in [0.25, 0.3) is 6.43 Å². The van der Waals surface area contributed by atoms with E-state index in [0.717, 1.165) is 12.3 Å². The molecule has 0 radical (unpaired) electrons. The third-order valence-corrected chi connectivity index (χ3v) is 5.59. The van der Waals surface area contributed by atoms with Crippen LogP contribution in [0.25, 0.3) is 11.0 Å². The van der Waals surface area contributed by atoms with Gasteiger partial charge in [0.15, 0.2) is 6.23 Å². The maximum Gasteiger partial charge on any atom is 0.280 e. The van der Waals surface area contributed by atoms with Crippen molar-refractivity contribution in [2.24, 2.45) is 0 Å². The number of aromatic nitrogens is 4. The molecule has 0 unspecified atom stereocenters. The van der Waals surface area contributed by atoms with Crippen LogP contribution in [0, 0.1) is 0 Å². The first-order valence-electron chi connectivity index (χ1n) is 9.15. The standard InChI is InChI=1S/C19H21F2N5O4/c1-18(28,9-3-5-23-11(7-9)13(20)21)17-19(2,29)12(27)16(30-17)26-6-4-10-14(22)24-8-25-15(10)26/h3-8,12-13,16-17,27-29H,1-2H3,(H2,22,24,25)/t12-,16+,17+,18+,19-/m0/s1. The van der Waals surface area contributed by atoms with Gasteiger partial charge in [0.2, 0.25) is 0 Å². The van der Waals surface area contributed by atoms with Gasteiger partial charge >= 0.3 is 0 Å². The van der Waals surface area contributed by atoms with Gasteiger partial charge in [-0.25, -0.2) is 18.7 Å². The molecule has 1 fully saturated rings. The van der Waals surface area contributed by atoms with Crippen LogP contribution in [-0.4, -0.2) is 52.6 Å². The molecule has 0 saturated carbocycles. The molecule has 4 rings (SSSR count). The van der Waals surface area contributed by atoms with Crippen LogP contribution in [0.2, 0.25) is 0 Å². The van der Waals surface area contributed by atoms with Gasteiger partial charge in [-0.05, 0) is 37.6 Å². The lowest BCUT2D eigenvalue weighted by Crippen LogP contribution is -2.53. The fourth-order valence-corrected chi connectivity index (χ4v) is 3.94. The number of nitrogens with zero attached hydrogens (tertiary/aromatic N) is 4. The molecule has 0 bridgehead atoms. The average molecular weight is 421 g/mol. The number of hydrogen-bond acceptors (Lipinski definition) is 8. The van der Waals surface area contributed by atoms with Crippen molar-refractivity contribution in [2.75, 3.05) is 5.73 Å². The van der Waals surface area contributed by atoms with E-state index < -0.39 is 41.8 Å². The number of nitrogen functional groups attached to an aromatic ring is 1. The highest BCUT2D eigenvalue weighted by Gasteiger charge is 2.59. The second kappa shape index (κ2) is 6.91. The van der Waals surface area contributed by atoms with Crippen molar-refractivity contribution in [3.8, 4) is 0 Å². The molecule has 1 saturated heterocycles. The predicted octanol–water partition coefficient (Wildman–Crippen LogP) is 1.26. The Morgan fingerprint density at radius 2 is 2.03 bits per heavy atom. The minimum atomic E-state index is -2.83. The lowest BCUT2D eigenvalue weighted by Gasteiger charge is -2.37. The van der Waals surface area contributed by atoms with Crippen molar-refractivity contribution in [3.05, 3.63) is 48.2 Å². The van der Waals surface area contributed by atoms with Crippen LogP contribution in [0.4, 0.5) is 14.6 Å². The van der Waals surface area contributed by atoms with Crippen LogP contribution in [-0.2, 0) is 10.3 Å². The number of ether oxygens (including phenoxy) is 1. The number of anilines is 1. The van der Waals surface area contributed by atoms with Gasteiger partial charge in [0, 0.05) is 12.4 Å². The fourth-order valence-electron chi connectivity index (χ4n) is 3.94. The number of nitrogens with two attached hydrogens (primary N) is 1. The first-order chi connectivity index (χ1) is 14.0. The van der Waals surface area contributed by atoms with Crippen molar-refractivity contribution in [1.29, 1.82) is 0 Å². The largest absolute Gasteiger partial charge is 0.385 e. The van der Waals surface area contributed by atoms with Gasteiger partial charge in [-0.15, -0.1) is 0 Å². The van der Waals surface area contributed by atoms with E-state index in [-0.39, 0.29) is 11.4 Å². The molecule has 11 heteroatoms. The molecule has 0 amide bonds. The third-order valence-electron chi connectivity index (χ3n) is 5.59. The fraction of sp³-hybridized carbons (Fsp3) is 0.421. The van der Waals surface area contributed by atoms with E-state index in [1.165, 1.54) is 30.8 Å². The summed E-state index contributed by atoms with van der Waals surface area (Å²) in [5.41, 5.74) is 1.89. The molecular weight excluding hydrogens is 400 g/mol. The average Bonchev–Trinajstić information content (AvgIpc) is 3.22. The van der Waals surface area contributed by atoms with Crippen molar-refractivity contribution < 1.29 is 28.8 Å². The zero-order valence-electron chi connectivity index (χ0n) is 16.1. The Hall–Kier alpha value is -2.73. The number of halogens is 2. The minimum Gasteiger partial charge on any atom is -0.385 e. The summed E-state index contributed by atoms with van der Waals surface area (Å²) >= 11 is 0. The van der Waals surface area contributed by atoms with Gasteiger partial charge in [0.1, 0.15) is 46.9 Å². The molecule has 4 heterocycles. The molecule has 5 atom stereocenters. The maximum atomic E-state index is 13.1. The molecule has 0 aromatic carbocycles. The lowest BCUT2D eigenvalue weighted by molar-refractivity contribution is -0.161. The minimum absolute atomic E-state index is 0.0647.